The third kappa shape index (κ3) is 2.57. The van der Waals surface area contributed by atoms with E-state index in [1.807, 2.05) is 0 Å². The number of nitrogens with two attached hydrogens (primary N) is 1. The first-order valence-electron chi connectivity index (χ1n) is 7.23. The summed E-state index contributed by atoms with van der Waals surface area (Å²) >= 11 is 0. The topological polar surface area (TPSA) is 44.5 Å². The number of hydrogen-bond donors (Lipinski definition) is 1. The quantitative estimate of drug-likeness (QED) is 0.729. The maximum atomic E-state index is 6.40. The average molecular weight is 261 g/mol. The van der Waals surface area contributed by atoms with Gasteiger partial charge in [-0.2, -0.15) is 0 Å². The van der Waals surface area contributed by atoms with Gasteiger partial charge in [0, 0.05) is 12.5 Å². The van der Waals surface area contributed by atoms with Crippen LogP contribution < -0.4 is 15.2 Å². The second-order valence-electron chi connectivity index (χ2n) is 6.52. The molecule has 1 atom stereocenters. The molecule has 1 aliphatic heterocycles. The van der Waals surface area contributed by atoms with E-state index in [9.17, 15) is 0 Å². The summed E-state index contributed by atoms with van der Waals surface area (Å²) in [6.45, 7) is 6.07. The van der Waals surface area contributed by atoms with Crippen LogP contribution in [0.1, 0.15) is 50.3 Å². The van der Waals surface area contributed by atoms with Crippen LogP contribution in [0.4, 0.5) is 0 Å². The molecule has 3 rings (SSSR count). The lowest BCUT2D eigenvalue weighted by molar-refractivity contribution is 0.291. The van der Waals surface area contributed by atoms with E-state index in [4.69, 9.17) is 15.2 Å². The molecule has 1 aliphatic carbocycles. The van der Waals surface area contributed by atoms with Crippen LogP contribution >= 0.6 is 0 Å². The molecule has 0 amide bonds. The van der Waals surface area contributed by atoms with Gasteiger partial charge in [-0.05, 0) is 47.9 Å². The fourth-order valence-corrected chi connectivity index (χ4v) is 3.11. The third-order valence-corrected chi connectivity index (χ3v) is 4.25. The molecular weight excluding hydrogens is 238 g/mol. The van der Waals surface area contributed by atoms with Crippen LogP contribution in [0.5, 0.6) is 11.5 Å². The minimum absolute atomic E-state index is 0.102. The van der Waals surface area contributed by atoms with E-state index in [1.54, 1.807) is 0 Å². The monoisotopic (exact) mass is 261 g/mol. The Morgan fingerprint density at radius 2 is 1.84 bits per heavy atom. The molecule has 2 aliphatic rings. The van der Waals surface area contributed by atoms with Crippen LogP contribution in [0.3, 0.4) is 0 Å². The Kier molecular flexibility index (Phi) is 3.17. The lowest BCUT2D eigenvalue weighted by Gasteiger charge is -2.24. The van der Waals surface area contributed by atoms with Crippen molar-refractivity contribution in [3.63, 3.8) is 0 Å². The molecule has 1 aromatic carbocycles. The van der Waals surface area contributed by atoms with E-state index in [1.165, 1.54) is 17.5 Å². The van der Waals surface area contributed by atoms with E-state index in [-0.39, 0.29) is 6.04 Å². The Labute approximate surface area is 115 Å². The standard InChI is InChI=1S/C16H23NO2/c1-16(2)5-4-11-8-14-15(19-7-3-6-18-14)9-12(11)13(17)10-16/h8-9,13H,3-7,10,17H2,1-2H3. The van der Waals surface area contributed by atoms with Crippen molar-refractivity contribution in [2.24, 2.45) is 11.1 Å². The Hall–Kier alpha value is -1.22. The summed E-state index contributed by atoms with van der Waals surface area (Å²) in [7, 11) is 0. The molecule has 1 aromatic rings. The number of benzene rings is 1. The summed E-state index contributed by atoms with van der Waals surface area (Å²) in [6, 6.07) is 4.36. The Bertz CT molecular complexity index is 482. The van der Waals surface area contributed by atoms with Crippen LogP contribution in [0.25, 0.3) is 0 Å². The highest BCUT2D eigenvalue weighted by atomic mass is 16.5. The van der Waals surface area contributed by atoms with Gasteiger partial charge in [0.05, 0.1) is 13.2 Å². The second kappa shape index (κ2) is 4.71. The van der Waals surface area contributed by atoms with Gasteiger partial charge in [0.15, 0.2) is 11.5 Å². The van der Waals surface area contributed by atoms with E-state index >= 15 is 0 Å². The predicted octanol–water partition coefficient (Wildman–Crippen LogP) is 3.21. The van der Waals surface area contributed by atoms with Gasteiger partial charge in [0.1, 0.15) is 0 Å². The van der Waals surface area contributed by atoms with Crippen molar-refractivity contribution in [3.8, 4) is 11.5 Å². The van der Waals surface area contributed by atoms with Gasteiger partial charge in [0.25, 0.3) is 0 Å². The first-order chi connectivity index (χ1) is 9.05. The Morgan fingerprint density at radius 3 is 2.58 bits per heavy atom. The van der Waals surface area contributed by atoms with Crippen LogP contribution in [0.15, 0.2) is 12.1 Å². The van der Waals surface area contributed by atoms with Crippen molar-refractivity contribution < 1.29 is 9.47 Å². The molecule has 2 N–H and O–H groups in total. The van der Waals surface area contributed by atoms with Crippen molar-refractivity contribution in [2.45, 2.75) is 45.6 Å². The third-order valence-electron chi connectivity index (χ3n) is 4.25. The smallest absolute Gasteiger partial charge is 0.161 e. The summed E-state index contributed by atoms with van der Waals surface area (Å²) in [5.74, 6) is 1.76. The largest absolute Gasteiger partial charge is 0.490 e. The van der Waals surface area contributed by atoms with Crippen LogP contribution in [-0.2, 0) is 6.42 Å². The minimum atomic E-state index is 0.102. The predicted molar refractivity (Wildman–Crippen MR) is 75.7 cm³/mol. The fourth-order valence-electron chi connectivity index (χ4n) is 3.11. The highest BCUT2D eigenvalue weighted by Crippen LogP contribution is 2.42. The summed E-state index contributed by atoms with van der Waals surface area (Å²) in [5.41, 5.74) is 9.28. The van der Waals surface area contributed by atoms with Crippen molar-refractivity contribution >= 4 is 0 Å². The molecule has 0 spiro atoms. The zero-order valence-corrected chi connectivity index (χ0v) is 11.9. The second-order valence-corrected chi connectivity index (χ2v) is 6.52. The maximum Gasteiger partial charge on any atom is 0.161 e. The maximum absolute atomic E-state index is 6.40. The summed E-state index contributed by atoms with van der Waals surface area (Å²) < 4.78 is 11.6. The molecule has 1 heterocycles. The minimum Gasteiger partial charge on any atom is -0.490 e. The number of rotatable bonds is 0. The van der Waals surface area contributed by atoms with Gasteiger partial charge in [-0.1, -0.05) is 13.8 Å². The molecule has 0 bridgehead atoms. The van der Waals surface area contributed by atoms with Crippen molar-refractivity contribution in [3.05, 3.63) is 23.3 Å². The van der Waals surface area contributed by atoms with Crippen molar-refractivity contribution in [1.29, 1.82) is 0 Å². The van der Waals surface area contributed by atoms with E-state index in [0.717, 1.165) is 44.0 Å². The fraction of sp³-hybridized carbons (Fsp3) is 0.625. The van der Waals surface area contributed by atoms with E-state index in [2.05, 4.69) is 26.0 Å². The normalized spacial score (nSPS) is 25.1. The zero-order valence-electron chi connectivity index (χ0n) is 11.9. The molecule has 0 aromatic heterocycles. The first kappa shape index (κ1) is 12.8. The number of ether oxygens (including phenoxy) is 2. The molecule has 0 fully saturated rings. The molecular formula is C16H23NO2. The van der Waals surface area contributed by atoms with Gasteiger partial charge < -0.3 is 15.2 Å². The number of aryl methyl sites for hydroxylation is 1. The lowest BCUT2D eigenvalue weighted by Crippen LogP contribution is -2.19. The molecule has 3 nitrogen and oxygen atoms in total. The molecule has 0 saturated carbocycles. The zero-order chi connectivity index (χ0) is 13.5. The first-order valence-corrected chi connectivity index (χ1v) is 7.23. The van der Waals surface area contributed by atoms with Gasteiger partial charge in [0.2, 0.25) is 0 Å². The molecule has 104 valence electrons. The average Bonchev–Trinajstić information content (AvgIpc) is 2.63. The van der Waals surface area contributed by atoms with Crippen LogP contribution in [0.2, 0.25) is 0 Å². The van der Waals surface area contributed by atoms with Gasteiger partial charge in [-0.15, -0.1) is 0 Å². The summed E-state index contributed by atoms with van der Waals surface area (Å²) in [4.78, 5) is 0. The van der Waals surface area contributed by atoms with Gasteiger partial charge in [-0.25, -0.2) is 0 Å². The Morgan fingerprint density at radius 1 is 1.16 bits per heavy atom. The molecule has 0 radical (unpaired) electrons. The van der Waals surface area contributed by atoms with E-state index < -0.39 is 0 Å². The summed E-state index contributed by atoms with van der Waals surface area (Å²) in [5, 5.41) is 0. The highest BCUT2D eigenvalue weighted by molar-refractivity contribution is 5.49. The molecule has 0 saturated heterocycles. The Balaban J connectivity index is 2.01. The number of fused-ring (bicyclic) bond motifs is 2. The van der Waals surface area contributed by atoms with Gasteiger partial charge in [-0.3, -0.25) is 0 Å². The lowest BCUT2D eigenvalue weighted by atomic mass is 9.83. The van der Waals surface area contributed by atoms with Crippen LogP contribution in [-0.4, -0.2) is 13.2 Å². The molecule has 19 heavy (non-hydrogen) atoms. The highest BCUT2D eigenvalue weighted by Gasteiger charge is 2.29. The summed E-state index contributed by atoms with van der Waals surface area (Å²) in [6.07, 6.45) is 4.22. The van der Waals surface area contributed by atoms with E-state index in [0.29, 0.717) is 5.41 Å². The number of hydrogen-bond acceptors (Lipinski definition) is 3. The van der Waals surface area contributed by atoms with Crippen molar-refractivity contribution in [2.75, 3.05) is 13.2 Å². The van der Waals surface area contributed by atoms with Crippen molar-refractivity contribution in [1.82, 2.24) is 0 Å². The molecule has 1 unspecified atom stereocenters. The van der Waals surface area contributed by atoms with Gasteiger partial charge >= 0.3 is 0 Å². The SMILES string of the molecule is CC1(C)CCc2cc3c(cc2C(N)C1)OCCCO3. The molecule has 3 heteroatoms. The van der Waals surface area contributed by atoms with Crippen LogP contribution in [0, 0.1) is 5.41 Å².